The molecule has 2 aromatic rings. The quantitative estimate of drug-likeness (QED) is 0.822. The third-order valence-electron chi connectivity index (χ3n) is 3.18. The average Bonchev–Trinajstić information content (AvgIpc) is 2.40. The lowest BCUT2D eigenvalue weighted by molar-refractivity contribution is 0.575. The van der Waals surface area contributed by atoms with Crippen molar-refractivity contribution >= 4 is 23.2 Å². The topological polar surface area (TPSA) is 12.0 Å². The molecular weight excluding hydrogens is 277 g/mol. The first-order valence-corrected chi connectivity index (χ1v) is 7.06. The molecule has 1 nitrogen and oxygen atoms in total. The zero-order chi connectivity index (χ0) is 13.8. The van der Waals surface area contributed by atoms with Crippen molar-refractivity contribution in [1.82, 2.24) is 5.32 Å². The van der Waals surface area contributed by atoms with E-state index in [1.807, 2.05) is 12.1 Å². The molecule has 0 saturated carbocycles. The van der Waals surface area contributed by atoms with E-state index in [4.69, 9.17) is 23.2 Å². The van der Waals surface area contributed by atoms with E-state index in [1.165, 1.54) is 11.1 Å². The molecule has 0 spiro atoms. The number of halogens is 2. The van der Waals surface area contributed by atoms with E-state index >= 15 is 0 Å². The summed E-state index contributed by atoms with van der Waals surface area (Å²) in [7, 11) is 0. The van der Waals surface area contributed by atoms with Gasteiger partial charge in [0.15, 0.2) is 0 Å². The Bertz CT molecular complexity index is 549. The number of rotatable bonds is 4. The lowest BCUT2D eigenvalue weighted by Crippen LogP contribution is -2.18. The summed E-state index contributed by atoms with van der Waals surface area (Å²) in [5, 5.41) is 4.92. The molecule has 2 aromatic carbocycles. The first-order valence-electron chi connectivity index (χ1n) is 6.30. The highest BCUT2D eigenvalue weighted by Gasteiger charge is 2.06. The maximum Gasteiger partial charge on any atom is 0.0451 e. The van der Waals surface area contributed by atoms with Gasteiger partial charge in [0, 0.05) is 22.6 Å². The summed E-state index contributed by atoms with van der Waals surface area (Å²) in [6, 6.07) is 14.3. The van der Waals surface area contributed by atoms with Crippen molar-refractivity contribution in [2.75, 3.05) is 0 Å². The molecule has 0 heterocycles. The van der Waals surface area contributed by atoms with Crippen LogP contribution in [0.15, 0.2) is 42.5 Å². The molecule has 0 aliphatic carbocycles. The molecule has 0 bridgehead atoms. The van der Waals surface area contributed by atoms with Gasteiger partial charge in [-0.2, -0.15) is 0 Å². The molecule has 2 rings (SSSR count). The van der Waals surface area contributed by atoms with Gasteiger partial charge < -0.3 is 5.32 Å². The summed E-state index contributed by atoms with van der Waals surface area (Å²) in [6.07, 6.45) is 0. The van der Waals surface area contributed by atoms with Gasteiger partial charge in [-0.05, 0) is 43.2 Å². The van der Waals surface area contributed by atoms with Crippen molar-refractivity contribution in [1.29, 1.82) is 0 Å². The van der Waals surface area contributed by atoms with Crippen LogP contribution in [0.2, 0.25) is 10.0 Å². The summed E-state index contributed by atoms with van der Waals surface area (Å²) in [5.41, 5.74) is 3.56. The number of hydrogen-bond donors (Lipinski definition) is 1. The number of aryl methyl sites for hydroxylation is 1. The second-order valence-electron chi connectivity index (χ2n) is 4.75. The number of hydrogen-bond acceptors (Lipinski definition) is 1. The van der Waals surface area contributed by atoms with Gasteiger partial charge >= 0.3 is 0 Å². The molecule has 0 amide bonds. The van der Waals surface area contributed by atoms with Crippen LogP contribution in [0.5, 0.6) is 0 Å². The van der Waals surface area contributed by atoms with Crippen molar-refractivity contribution in [2.24, 2.45) is 0 Å². The minimum atomic E-state index is 0.274. The van der Waals surface area contributed by atoms with Crippen LogP contribution in [0.1, 0.15) is 29.7 Å². The Labute approximate surface area is 124 Å². The van der Waals surface area contributed by atoms with Gasteiger partial charge in [0.05, 0.1) is 0 Å². The maximum absolute atomic E-state index is 6.15. The summed E-state index contributed by atoms with van der Waals surface area (Å²) in [5.74, 6) is 0. The molecule has 1 unspecified atom stereocenters. The highest BCUT2D eigenvalue weighted by molar-refractivity contribution is 6.33. The highest BCUT2D eigenvalue weighted by Crippen LogP contribution is 2.21. The fourth-order valence-electron chi connectivity index (χ4n) is 1.91. The third kappa shape index (κ3) is 3.97. The molecular formula is C16H17Cl2N. The normalized spacial score (nSPS) is 12.4. The average molecular weight is 294 g/mol. The minimum absolute atomic E-state index is 0.274. The molecule has 3 heteroatoms. The van der Waals surface area contributed by atoms with Crippen LogP contribution in [-0.4, -0.2) is 0 Å². The first-order chi connectivity index (χ1) is 9.06. The van der Waals surface area contributed by atoms with Gasteiger partial charge in [-0.15, -0.1) is 0 Å². The van der Waals surface area contributed by atoms with Gasteiger partial charge in [0.2, 0.25) is 0 Å². The van der Waals surface area contributed by atoms with Crippen molar-refractivity contribution in [3.8, 4) is 0 Å². The zero-order valence-electron chi connectivity index (χ0n) is 11.1. The van der Waals surface area contributed by atoms with Crippen molar-refractivity contribution in [3.05, 3.63) is 69.2 Å². The first kappa shape index (κ1) is 14.4. The molecule has 0 aliphatic rings. The van der Waals surface area contributed by atoms with Gasteiger partial charge in [-0.1, -0.05) is 53.0 Å². The summed E-state index contributed by atoms with van der Waals surface area (Å²) in [4.78, 5) is 0. The SMILES string of the molecule is Cc1ccc(C(C)NCc2cc(Cl)ccc2Cl)cc1. The van der Waals surface area contributed by atoms with Crippen LogP contribution < -0.4 is 5.32 Å². The molecule has 0 saturated heterocycles. The molecule has 0 fully saturated rings. The second-order valence-corrected chi connectivity index (χ2v) is 5.59. The fraction of sp³-hybridized carbons (Fsp3) is 0.250. The van der Waals surface area contributed by atoms with E-state index in [0.29, 0.717) is 11.6 Å². The van der Waals surface area contributed by atoms with Gasteiger partial charge in [-0.25, -0.2) is 0 Å². The van der Waals surface area contributed by atoms with E-state index in [0.717, 1.165) is 10.6 Å². The van der Waals surface area contributed by atoms with Crippen LogP contribution in [0.3, 0.4) is 0 Å². The van der Waals surface area contributed by atoms with Crippen LogP contribution >= 0.6 is 23.2 Å². The molecule has 100 valence electrons. The Morgan fingerprint density at radius 3 is 2.42 bits per heavy atom. The van der Waals surface area contributed by atoms with Crippen molar-refractivity contribution in [3.63, 3.8) is 0 Å². The van der Waals surface area contributed by atoms with Crippen LogP contribution in [0.4, 0.5) is 0 Å². The van der Waals surface area contributed by atoms with Gasteiger partial charge in [0.25, 0.3) is 0 Å². The van der Waals surface area contributed by atoms with E-state index in [-0.39, 0.29) is 6.04 Å². The number of benzene rings is 2. The fourth-order valence-corrected chi connectivity index (χ4v) is 2.29. The Hall–Kier alpha value is -1.02. The largest absolute Gasteiger partial charge is 0.306 e. The van der Waals surface area contributed by atoms with Crippen LogP contribution in [0, 0.1) is 6.92 Å². The Kier molecular flexibility index (Phi) is 4.87. The number of nitrogens with one attached hydrogen (secondary N) is 1. The van der Waals surface area contributed by atoms with Gasteiger partial charge in [0.1, 0.15) is 0 Å². The molecule has 19 heavy (non-hydrogen) atoms. The molecule has 0 aliphatic heterocycles. The third-order valence-corrected chi connectivity index (χ3v) is 3.79. The second kappa shape index (κ2) is 6.42. The van der Waals surface area contributed by atoms with Crippen LogP contribution in [-0.2, 0) is 6.54 Å². The highest BCUT2D eigenvalue weighted by atomic mass is 35.5. The van der Waals surface area contributed by atoms with Gasteiger partial charge in [-0.3, -0.25) is 0 Å². The monoisotopic (exact) mass is 293 g/mol. The lowest BCUT2D eigenvalue weighted by Gasteiger charge is -2.15. The summed E-state index contributed by atoms with van der Waals surface area (Å²) >= 11 is 12.1. The van der Waals surface area contributed by atoms with E-state index in [1.54, 1.807) is 6.07 Å². The standard InChI is InChI=1S/C16H17Cl2N/c1-11-3-5-13(6-4-11)12(2)19-10-14-9-15(17)7-8-16(14)18/h3-9,12,19H,10H2,1-2H3. The molecule has 1 atom stereocenters. The van der Waals surface area contributed by atoms with Crippen molar-refractivity contribution in [2.45, 2.75) is 26.4 Å². The summed E-state index contributed by atoms with van der Waals surface area (Å²) < 4.78 is 0. The van der Waals surface area contributed by atoms with Crippen molar-refractivity contribution < 1.29 is 0 Å². The minimum Gasteiger partial charge on any atom is -0.306 e. The smallest absolute Gasteiger partial charge is 0.0451 e. The Balaban J connectivity index is 2.02. The van der Waals surface area contributed by atoms with Crippen LogP contribution in [0.25, 0.3) is 0 Å². The van der Waals surface area contributed by atoms with E-state index in [9.17, 15) is 0 Å². The molecule has 0 aromatic heterocycles. The predicted molar refractivity (Wildman–Crippen MR) is 82.9 cm³/mol. The summed E-state index contributed by atoms with van der Waals surface area (Å²) in [6.45, 7) is 4.94. The van der Waals surface area contributed by atoms with E-state index < -0.39 is 0 Å². The lowest BCUT2D eigenvalue weighted by atomic mass is 10.1. The zero-order valence-corrected chi connectivity index (χ0v) is 12.6. The Morgan fingerprint density at radius 2 is 1.74 bits per heavy atom. The maximum atomic E-state index is 6.15. The Morgan fingerprint density at radius 1 is 1.05 bits per heavy atom. The predicted octanol–water partition coefficient (Wildman–Crippen LogP) is 5.15. The van der Waals surface area contributed by atoms with E-state index in [2.05, 4.69) is 43.4 Å². The molecule has 1 N–H and O–H groups in total. The molecule has 0 radical (unpaired) electrons.